The van der Waals surface area contributed by atoms with Crippen molar-refractivity contribution in [3.63, 3.8) is 0 Å². The van der Waals surface area contributed by atoms with Gasteiger partial charge in [-0.3, -0.25) is 0 Å². The number of halogens is 3. The number of carbonyl (C=O) groups excluding carboxylic acids is 1. The second-order valence-electron chi connectivity index (χ2n) is 8.96. The van der Waals surface area contributed by atoms with Gasteiger partial charge in [0.05, 0.1) is 5.56 Å². The fourth-order valence-corrected chi connectivity index (χ4v) is 4.86. The molecule has 4 rings (SSSR count). The highest BCUT2D eigenvalue weighted by Gasteiger charge is 2.53. The molecule has 0 radical (unpaired) electrons. The van der Waals surface area contributed by atoms with Crippen LogP contribution in [0.2, 0.25) is 0 Å². The molecule has 3 aliphatic heterocycles. The first-order chi connectivity index (χ1) is 13.9. The van der Waals surface area contributed by atoms with Crippen LogP contribution in [0.1, 0.15) is 52.0 Å². The maximum atomic E-state index is 12.8. The zero-order chi connectivity index (χ0) is 21.7. The van der Waals surface area contributed by atoms with Crippen molar-refractivity contribution in [2.75, 3.05) is 0 Å². The maximum absolute atomic E-state index is 12.8. The Morgan fingerprint density at radius 1 is 1.17 bits per heavy atom. The van der Waals surface area contributed by atoms with Crippen LogP contribution in [-0.4, -0.2) is 39.8 Å². The summed E-state index contributed by atoms with van der Waals surface area (Å²) in [5.41, 5.74) is -5.44. The zero-order valence-corrected chi connectivity index (χ0v) is 17.8. The number of rotatable bonds is 2. The molecule has 2 unspecified atom stereocenters. The molecule has 9 heteroatoms. The lowest BCUT2D eigenvalue weighted by atomic mass is 9.83. The number of para-hydroxylation sites is 1. The third-order valence-corrected chi connectivity index (χ3v) is 5.92. The molecule has 164 valence electrons. The number of ether oxygens (including phenoxy) is 2. The average Bonchev–Trinajstić information content (AvgIpc) is 2.90. The summed E-state index contributed by atoms with van der Waals surface area (Å²) in [5, 5.41) is 0. The van der Waals surface area contributed by atoms with E-state index in [1.54, 1.807) is 35.2 Å². The van der Waals surface area contributed by atoms with Gasteiger partial charge in [0.25, 0.3) is 0 Å². The van der Waals surface area contributed by atoms with Crippen molar-refractivity contribution in [2.24, 2.45) is 0 Å². The van der Waals surface area contributed by atoms with Crippen LogP contribution in [0, 0.1) is 0 Å². The van der Waals surface area contributed by atoms with E-state index in [4.69, 9.17) is 13.7 Å². The minimum absolute atomic E-state index is 0.100. The van der Waals surface area contributed by atoms with Crippen molar-refractivity contribution >= 4 is 23.9 Å². The number of hydrogen-bond donors (Lipinski definition) is 0. The summed E-state index contributed by atoms with van der Waals surface area (Å²) in [6.07, 6.45) is 3.86. The normalized spacial score (nSPS) is 27.9. The number of carbonyl (C=O) groups is 1. The van der Waals surface area contributed by atoms with Crippen molar-refractivity contribution in [1.29, 1.82) is 0 Å². The van der Waals surface area contributed by atoms with Gasteiger partial charge in [-0.2, -0.15) is 13.2 Å². The number of nitrogens with zero attached hydrogens (tertiary/aromatic N) is 1. The monoisotopic (exact) mass is 443 g/mol. The lowest BCUT2D eigenvalue weighted by Crippen LogP contribution is -2.56. The molecule has 1 aromatic carbocycles. The van der Waals surface area contributed by atoms with Crippen LogP contribution in [0.15, 0.2) is 30.3 Å². The number of fused-ring (bicyclic) bond motifs is 3. The van der Waals surface area contributed by atoms with E-state index in [1.807, 2.05) is 20.8 Å². The van der Waals surface area contributed by atoms with Gasteiger partial charge in [0.15, 0.2) is 12.0 Å². The molecule has 2 atom stereocenters. The Hall–Kier alpha value is -2.03. The summed E-state index contributed by atoms with van der Waals surface area (Å²) in [6.45, 7) is 5.47. The SMILES string of the molecule is CC(C)(C)OC(=O)N1C2CCC1CC1(C=C(OSC(F)(F)F)c3ccccc3O1)C2. The van der Waals surface area contributed by atoms with Crippen LogP contribution in [0.5, 0.6) is 5.75 Å². The van der Waals surface area contributed by atoms with Crippen LogP contribution in [-0.2, 0) is 8.92 Å². The lowest BCUT2D eigenvalue weighted by Gasteiger charge is -2.46. The predicted molar refractivity (Wildman–Crippen MR) is 107 cm³/mol. The highest BCUT2D eigenvalue weighted by molar-refractivity contribution is 7.95. The molecule has 2 fully saturated rings. The standard InChI is InChI=1S/C21H24F3NO4S/c1-19(2,3)28-18(26)25-13-8-9-14(25)11-20(10-13)12-17(29-30-21(22,23)24)15-6-4-5-7-16(15)27-20/h4-7,12-14H,8-11H2,1-3H3. The smallest absolute Gasteiger partial charge is 0.479 e. The average molecular weight is 443 g/mol. The largest absolute Gasteiger partial charge is 0.482 e. The van der Waals surface area contributed by atoms with Crippen molar-refractivity contribution in [1.82, 2.24) is 4.90 Å². The Labute approximate surface area is 177 Å². The Bertz CT molecular complexity index is 851. The predicted octanol–water partition coefficient (Wildman–Crippen LogP) is 5.91. The summed E-state index contributed by atoms with van der Waals surface area (Å²) in [5.74, 6) is 0.632. The zero-order valence-electron chi connectivity index (χ0n) is 17.0. The molecule has 1 aromatic rings. The van der Waals surface area contributed by atoms with Crippen LogP contribution < -0.4 is 4.74 Å². The van der Waals surface area contributed by atoms with Crippen LogP contribution in [0.25, 0.3) is 5.76 Å². The molecule has 0 aromatic heterocycles. The molecule has 3 heterocycles. The molecule has 1 amide bonds. The summed E-state index contributed by atoms with van der Waals surface area (Å²) in [4.78, 5) is 14.5. The molecule has 2 saturated heterocycles. The summed E-state index contributed by atoms with van der Waals surface area (Å²) >= 11 is -0.528. The van der Waals surface area contributed by atoms with E-state index in [0.717, 1.165) is 12.8 Å². The van der Waals surface area contributed by atoms with Gasteiger partial charge in [-0.15, -0.1) is 0 Å². The topological polar surface area (TPSA) is 48.0 Å². The van der Waals surface area contributed by atoms with E-state index in [2.05, 4.69) is 0 Å². The van der Waals surface area contributed by atoms with Crippen molar-refractivity contribution in [2.45, 2.75) is 75.2 Å². The Morgan fingerprint density at radius 2 is 1.80 bits per heavy atom. The minimum Gasteiger partial charge on any atom is -0.482 e. The first-order valence-electron chi connectivity index (χ1n) is 9.90. The van der Waals surface area contributed by atoms with E-state index < -0.39 is 28.8 Å². The molecule has 0 saturated carbocycles. The number of amides is 1. The molecule has 5 nitrogen and oxygen atoms in total. The molecule has 0 N–H and O–H groups in total. The fourth-order valence-electron chi connectivity index (χ4n) is 4.54. The number of hydrogen-bond acceptors (Lipinski definition) is 5. The number of piperidine rings is 1. The van der Waals surface area contributed by atoms with E-state index in [-0.39, 0.29) is 23.9 Å². The van der Waals surface area contributed by atoms with Crippen LogP contribution in [0.4, 0.5) is 18.0 Å². The van der Waals surface area contributed by atoms with Crippen LogP contribution in [0.3, 0.4) is 0 Å². The molecule has 3 aliphatic rings. The first-order valence-corrected chi connectivity index (χ1v) is 10.6. The van der Waals surface area contributed by atoms with Gasteiger partial charge in [-0.25, -0.2) is 4.79 Å². The molecule has 1 spiro atoms. The summed E-state index contributed by atoms with van der Waals surface area (Å²) < 4.78 is 55.2. The molecular formula is C21H24F3NO4S. The highest BCUT2D eigenvalue weighted by atomic mass is 32.2. The van der Waals surface area contributed by atoms with E-state index >= 15 is 0 Å². The second kappa shape index (κ2) is 7.28. The summed E-state index contributed by atoms with van der Waals surface area (Å²) in [6, 6.07) is 6.71. The van der Waals surface area contributed by atoms with Gasteiger partial charge in [-0.1, -0.05) is 12.1 Å². The lowest BCUT2D eigenvalue weighted by molar-refractivity contribution is -0.0384. The van der Waals surface area contributed by atoms with Gasteiger partial charge in [0, 0.05) is 31.0 Å². The highest BCUT2D eigenvalue weighted by Crippen LogP contribution is 2.49. The molecule has 2 bridgehead atoms. The maximum Gasteiger partial charge on any atom is 0.479 e. The quantitative estimate of drug-likeness (QED) is 0.532. The van der Waals surface area contributed by atoms with Gasteiger partial charge >= 0.3 is 11.6 Å². The molecule has 0 aliphatic carbocycles. The Morgan fingerprint density at radius 3 is 2.40 bits per heavy atom. The second-order valence-corrected chi connectivity index (χ2v) is 9.76. The van der Waals surface area contributed by atoms with Gasteiger partial charge < -0.3 is 18.6 Å². The van der Waals surface area contributed by atoms with Gasteiger partial charge in [0.1, 0.15) is 22.7 Å². The molecular weight excluding hydrogens is 419 g/mol. The first kappa shape index (κ1) is 21.2. The number of benzene rings is 1. The van der Waals surface area contributed by atoms with Crippen molar-refractivity contribution in [3.8, 4) is 5.75 Å². The van der Waals surface area contributed by atoms with E-state index in [0.29, 0.717) is 24.2 Å². The van der Waals surface area contributed by atoms with E-state index in [9.17, 15) is 18.0 Å². The fraction of sp³-hybridized carbons (Fsp3) is 0.571. The Balaban J connectivity index is 1.60. The van der Waals surface area contributed by atoms with Crippen molar-refractivity contribution < 1.29 is 31.6 Å². The van der Waals surface area contributed by atoms with E-state index in [1.165, 1.54) is 0 Å². The Kier molecular flexibility index (Phi) is 5.15. The minimum atomic E-state index is -4.51. The van der Waals surface area contributed by atoms with Crippen molar-refractivity contribution in [3.05, 3.63) is 35.9 Å². The molecule has 30 heavy (non-hydrogen) atoms. The van der Waals surface area contributed by atoms with Gasteiger partial charge in [-0.05, 0) is 45.7 Å². The van der Waals surface area contributed by atoms with Crippen LogP contribution >= 0.6 is 12.0 Å². The number of alkyl halides is 3. The summed E-state index contributed by atoms with van der Waals surface area (Å²) in [7, 11) is 0. The van der Waals surface area contributed by atoms with Gasteiger partial charge in [0.2, 0.25) is 0 Å². The third kappa shape index (κ3) is 4.36. The third-order valence-electron chi connectivity index (χ3n) is 5.47.